The van der Waals surface area contributed by atoms with Crippen molar-refractivity contribution in [1.82, 2.24) is 0 Å². The minimum absolute atomic E-state index is 0.0154. The Morgan fingerprint density at radius 2 is 1.81 bits per heavy atom. The molecule has 2 heterocycles. The molecule has 0 saturated carbocycles. The van der Waals surface area contributed by atoms with Crippen LogP contribution < -0.4 is 24.7 Å². The number of hydrogen-bond acceptors (Lipinski definition) is 8. The molecule has 2 N–H and O–H groups in total. The molecule has 222 valence electrons. The van der Waals surface area contributed by atoms with E-state index in [9.17, 15) is 10.1 Å². The van der Waals surface area contributed by atoms with Crippen LogP contribution >= 0.6 is 0 Å². The fourth-order valence-corrected chi connectivity index (χ4v) is 5.40. The van der Waals surface area contributed by atoms with Gasteiger partial charge in [-0.3, -0.25) is 0 Å². The molecule has 1 aromatic heterocycles. The molecule has 0 radical (unpaired) electrons. The molecule has 4 aromatic rings. The predicted molar refractivity (Wildman–Crippen MR) is 164 cm³/mol. The summed E-state index contributed by atoms with van der Waals surface area (Å²) < 4.78 is 29.0. The van der Waals surface area contributed by atoms with Gasteiger partial charge < -0.3 is 29.1 Å². The van der Waals surface area contributed by atoms with Crippen LogP contribution in [-0.2, 0) is 0 Å². The van der Waals surface area contributed by atoms with E-state index < -0.39 is 11.9 Å². The van der Waals surface area contributed by atoms with E-state index in [-0.39, 0.29) is 23.0 Å². The van der Waals surface area contributed by atoms with Crippen LogP contribution in [0.5, 0.6) is 23.0 Å². The van der Waals surface area contributed by atoms with Crippen molar-refractivity contribution in [2.75, 3.05) is 13.7 Å². The number of benzene rings is 3. The maximum absolute atomic E-state index is 13.1. The van der Waals surface area contributed by atoms with Crippen LogP contribution in [0.25, 0.3) is 11.0 Å². The summed E-state index contributed by atoms with van der Waals surface area (Å²) in [5.41, 5.74) is 10.4. The summed E-state index contributed by atoms with van der Waals surface area (Å²) in [6.45, 7) is 6.61. The summed E-state index contributed by atoms with van der Waals surface area (Å²) >= 11 is 0. The Labute approximate surface area is 251 Å². The van der Waals surface area contributed by atoms with Crippen molar-refractivity contribution in [1.29, 1.82) is 5.26 Å². The second-order valence-corrected chi connectivity index (χ2v) is 10.7. The number of carbonyl (C=O) groups excluding carboxylic acids is 1. The number of nitrogens with zero attached hydrogens (tertiary/aromatic N) is 1. The summed E-state index contributed by atoms with van der Waals surface area (Å²) in [7, 11) is 1.59. The van der Waals surface area contributed by atoms with Crippen molar-refractivity contribution in [2.24, 2.45) is 5.73 Å². The molecule has 8 nitrogen and oxygen atoms in total. The van der Waals surface area contributed by atoms with Crippen LogP contribution in [0.3, 0.4) is 0 Å². The van der Waals surface area contributed by atoms with E-state index in [2.05, 4.69) is 13.0 Å². The lowest BCUT2D eigenvalue weighted by Crippen LogP contribution is -2.21. The van der Waals surface area contributed by atoms with Gasteiger partial charge in [0.05, 0.1) is 19.6 Å². The van der Waals surface area contributed by atoms with Crippen molar-refractivity contribution >= 4 is 16.9 Å². The van der Waals surface area contributed by atoms with Gasteiger partial charge in [0.15, 0.2) is 11.5 Å². The Hall–Kier alpha value is -4.90. The van der Waals surface area contributed by atoms with Gasteiger partial charge in [-0.05, 0) is 56.2 Å². The number of fused-ring (bicyclic) bond motifs is 2. The Kier molecular flexibility index (Phi) is 8.91. The van der Waals surface area contributed by atoms with Crippen LogP contribution in [0, 0.1) is 25.2 Å². The van der Waals surface area contributed by atoms with Crippen molar-refractivity contribution in [3.63, 3.8) is 0 Å². The van der Waals surface area contributed by atoms with E-state index in [1.807, 2.05) is 50.2 Å². The number of nitrogens with two attached hydrogens (primary N) is 1. The Balaban J connectivity index is 1.39. The number of unbranched alkanes of at least 4 members (excludes halogenated alkanes) is 4. The molecule has 0 saturated heterocycles. The number of rotatable bonds is 11. The third-order valence-corrected chi connectivity index (χ3v) is 7.70. The molecule has 8 heteroatoms. The third-order valence-electron chi connectivity index (χ3n) is 7.70. The quantitative estimate of drug-likeness (QED) is 0.108. The van der Waals surface area contributed by atoms with E-state index in [4.69, 9.17) is 29.1 Å². The third kappa shape index (κ3) is 6.17. The average Bonchev–Trinajstić information content (AvgIpc) is 3.33. The smallest absolute Gasteiger partial charge is 0.379 e. The molecule has 3 aromatic carbocycles. The standard InChI is InChI=1S/C35H36N2O6/c1-5-6-7-8-9-16-40-29-15-11-23(18-31(29)39-4)32-25-13-12-24(19-30(25)43-34(37)27(32)20-36)41-35(38)33-22(3)26-17-21(2)10-14-28(26)42-33/h10-15,17-19,32H,5-9,16,37H2,1-4H3. The summed E-state index contributed by atoms with van der Waals surface area (Å²) in [5, 5.41) is 10.9. The maximum atomic E-state index is 13.1. The lowest BCUT2D eigenvalue weighted by Gasteiger charge is -2.27. The highest BCUT2D eigenvalue weighted by Gasteiger charge is 2.32. The highest BCUT2D eigenvalue weighted by molar-refractivity contribution is 5.97. The van der Waals surface area contributed by atoms with E-state index in [0.29, 0.717) is 40.6 Å². The molecule has 1 atom stereocenters. The first kappa shape index (κ1) is 29.6. The average molecular weight is 581 g/mol. The monoisotopic (exact) mass is 580 g/mol. The van der Waals surface area contributed by atoms with Gasteiger partial charge in [0.1, 0.15) is 28.7 Å². The molecule has 43 heavy (non-hydrogen) atoms. The molecular formula is C35H36N2O6. The Morgan fingerprint density at radius 1 is 1.00 bits per heavy atom. The normalized spacial score (nSPS) is 14.2. The van der Waals surface area contributed by atoms with Crippen LogP contribution in [-0.4, -0.2) is 19.7 Å². The van der Waals surface area contributed by atoms with Gasteiger partial charge in [-0.2, -0.15) is 5.26 Å². The zero-order valence-electron chi connectivity index (χ0n) is 25.0. The van der Waals surface area contributed by atoms with Gasteiger partial charge >= 0.3 is 5.97 Å². The minimum Gasteiger partial charge on any atom is -0.493 e. The number of allylic oxidation sites excluding steroid dienone is 1. The molecule has 1 unspecified atom stereocenters. The lowest BCUT2D eigenvalue weighted by molar-refractivity contribution is 0.0702. The Morgan fingerprint density at radius 3 is 2.58 bits per heavy atom. The van der Waals surface area contributed by atoms with E-state index in [1.165, 1.54) is 19.3 Å². The zero-order chi connectivity index (χ0) is 30.5. The minimum atomic E-state index is -0.620. The molecule has 1 aliphatic rings. The molecule has 0 bridgehead atoms. The van der Waals surface area contributed by atoms with E-state index in [0.717, 1.165) is 29.4 Å². The Bertz CT molecular complexity index is 1730. The molecular weight excluding hydrogens is 544 g/mol. The molecule has 1 aliphatic heterocycles. The van der Waals surface area contributed by atoms with Crippen LogP contribution in [0.2, 0.25) is 0 Å². The van der Waals surface area contributed by atoms with Crippen molar-refractivity contribution in [3.8, 4) is 29.1 Å². The van der Waals surface area contributed by atoms with Gasteiger partial charge in [-0.15, -0.1) is 0 Å². The lowest BCUT2D eigenvalue weighted by atomic mass is 9.83. The second kappa shape index (κ2) is 13.0. The highest BCUT2D eigenvalue weighted by atomic mass is 16.5. The number of methoxy groups -OCH3 is 1. The first-order chi connectivity index (χ1) is 20.8. The summed E-state index contributed by atoms with van der Waals surface area (Å²) in [6.07, 6.45) is 5.72. The number of esters is 1. The van der Waals surface area contributed by atoms with Crippen molar-refractivity contribution in [3.05, 3.63) is 94.1 Å². The van der Waals surface area contributed by atoms with Gasteiger partial charge in [0, 0.05) is 22.6 Å². The first-order valence-electron chi connectivity index (χ1n) is 14.6. The van der Waals surface area contributed by atoms with Crippen molar-refractivity contribution in [2.45, 2.75) is 58.8 Å². The first-order valence-corrected chi connectivity index (χ1v) is 14.6. The number of hydrogen-bond donors (Lipinski definition) is 1. The molecule has 0 aliphatic carbocycles. The van der Waals surface area contributed by atoms with Crippen molar-refractivity contribution < 1.29 is 28.2 Å². The summed E-state index contributed by atoms with van der Waals surface area (Å²) in [6, 6.07) is 18.6. The fraction of sp³-hybridized carbons (Fsp3) is 0.314. The second-order valence-electron chi connectivity index (χ2n) is 10.7. The molecule has 0 amide bonds. The number of furan rings is 1. The predicted octanol–water partition coefficient (Wildman–Crippen LogP) is 7.84. The van der Waals surface area contributed by atoms with Gasteiger partial charge in [-0.1, -0.05) is 56.4 Å². The summed E-state index contributed by atoms with van der Waals surface area (Å²) in [4.78, 5) is 13.1. The van der Waals surface area contributed by atoms with Crippen LogP contribution in [0.4, 0.5) is 0 Å². The maximum Gasteiger partial charge on any atom is 0.379 e. The SMILES string of the molecule is CCCCCCCOc1ccc(C2C(C#N)=C(N)Oc3cc(OC(=O)c4oc5ccc(C)cc5c4C)ccc32)cc1OC. The number of aryl methyl sites for hydroxylation is 2. The van der Waals surface area contributed by atoms with Crippen LogP contribution in [0.15, 0.2) is 70.5 Å². The highest BCUT2D eigenvalue weighted by Crippen LogP contribution is 2.45. The molecule has 0 spiro atoms. The largest absolute Gasteiger partial charge is 0.493 e. The number of nitriles is 1. The van der Waals surface area contributed by atoms with E-state index >= 15 is 0 Å². The van der Waals surface area contributed by atoms with Gasteiger partial charge in [-0.25, -0.2) is 4.79 Å². The van der Waals surface area contributed by atoms with Crippen LogP contribution in [0.1, 0.15) is 77.8 Å². The fourth-order valence-electron chi connectivity index (χ4n) is 5.40. The topological polar surface area (TPSA) is 117 Å². The number of carbonyl (C=O) groups is 1. The van der Waals surface area contributed by atoms with E-state index in [1.54, 1.807) is 25.3 Å². The van der Waals surface area contributed by atoms with Gasteiger partial charge in [0.2, 0.25) is 11.6 Å². The zero-order valence-corrected chi connectivity index (χ0v) is 25.0. The molecule has 0 fully saturated rings. The molecule has 5 rings (SSSR count). The van der Waals surface area contributed by atoms with Gasteiger partial charge in [0.25, 0.3) is 0 Å². The number of ether oxygens (including phenoxy) is 4. The summed E-state index contributed by atoms with van der Waals surface area (Å²) in [5.74, 6) is 0.834.